The van der Waals surface area contributed by atoms with Gasteiger partial charge in [-0.15, -0.1) is 0 Å². The number of nitrogens with two attached hydrogens (primary N) is 1. The van der Waals surface area contributed by atoms with E-state index in [-0.39, 0.29) is 5.54 Å². The van der Waals surface area contributed by atoms with Crippen LogP contribution in [0.5, 0.6) is 0 Å². The standard InChI is InChI=1S/C15H29NO/c1-2-13-8-4-5-9-14(13)17-12-15(16)10-6-3-7-11-15/h13-14H,2-12,16H2,1H3. The van der Waals surface area contributed by atoms with Crippen LogP contribution in [0, 0.1) is 5.92 Å². The lowest BCUT2D eigenvalue weighted by atomic mass is 9.82. The third kappa shape index (κ3) is 3.69. The zero-order valence-corrected chi connectivity index (χ0v) is 11.4. The summed E-state index contributed by atoms with van der Waals surface area (Å²) >= 11 is 0. The Balaban J connectivity index is 1.79. The van der Waals surface area contributed by atoms with E-state index < -0.39 is 0 Å². The molecule has 0 bridgehead atoms. The topological polar surface area (TPSA) is 35.2 Å². The summed E-state index contributed by atoms with van der Waals surface area (Å²) in [4.78, 5) is 0. The van der Waals surface area contributed by atoms with Crippen molar-refractivity contribution in [3.8, 4) is 0 Å². The quantitative estimate of drug-likeness (QED) is 0.813. The van der Waals surface area contributed by atoms with Crippen molar-refractivity contribution in [1.29, 1.82) is 0 Å². The van der Waals surface area contributed by atoms with E-state index in [1.807, 2.05) is 0 Å². The molecule has 2 fully saturated rings. The Hall–Kier alpha value is -0.0800. The van der Waals surface area contributed by atoms with E-state index in [2.05, 4.69) is 6.92 Å². The van der Waals surface area contributed by atoms with Crippen LogP contribution in [0.4, 0.5) is 0 Å². The number of hydrogen-bond donors (Lipinski definition) is 1. The molecule has 2 unspecified atom stereocenters. The number of hydrogen-bond acceptors (Lipinski definition) is 2. The van der Waals surface area contributed by atoms with Crippen molar-refractivity contribution in [2.75, 3.05) is 6.61 Å². The van der Waals surface area contributed by atoms with Crippen molar-refractivity contribution in [1.82, 2.24) is 0 Å². The highest BCUT2D eigenvalue weighted by molar-refractivity contribution is 4.88. The van der Waals surface area contributed by atoms with E-state index in [1.54, 1.807) is 0 Å². The van der Waals surface area contributed by atoms with Gasteiger partial charge in [0.1, 0.15) is 0 Å². The van der Waals surface area contributed by atoms with Crippen LogP contribution >= 0.6 is 0 Å². The van der Waals surface area contributed by atoms with Gasteiger partial charge in [-0.25, -0.2) is 0 Å². The second-order valence-corrected chi connectivity index (χ2v) is 6.23. The van der Waals surface area contributed by atoms with Gasteiger partial charge in [0, 0.05) is 5.54 Å². The smallest absolute Gasteiger partial charge is 0.0650 e. The van der Waals surface area contributed by atoms with Crippen LogP contribution in [-0.4, -0.2) is 18.2 Å². The third-order valence-electron chi connectivity index (χ3n) is 4.80. The Bertz CT molecular complexity index is 223. The molecular formula is C15H29NO. The predicted molar refractivity (Wildman–Crippen MR) is 72.0 cm³/mol. The molecule has 2 rings (SSSR count). The molecule has 0 aliphatic heterocycles. The molecule has 2 saturated carbocycles. The molecule has 0 radical (unpaired) electrons. The van der Waals surface area contributed by atoms with E-state index in [4.69, 9.17) is 10.5 Å². The molecule has 2 aliphatic rings. The molecule has 17 heavy (non-hydrogen) atoms. The Morgan fingerprint density at radius 2 is 1.76 bits per heavy atom. The lowest BCUT2D eigenvalue weighted by Gasteiger charge is -2.37. The first-order chi connectivity index (χ1) is 8.23. The zero-order chi connectivity index (χ0) is 12.1. The molecule has 0 heterocycles. The van der Waals surface area contributed by atoms with Gasteiger partial charge in [0.05, 0.1) is 12.7 Å². The molecule has 2 N–H and O–H groups in total. The SMILES string of the molecule is CCC1CCCCC1OCC1(N)CCCCC1. The molecule has 2 heteroatoms. The van der Waals surface area contributed by atoms with E-state index in [0.29, 0.717) is 6.10 Å². The maximum atomic E-state index is 6.44. The highest BCUT2D eigenvalue weighted by Gasteiger charge is 2.31. The van der Waals surface area contributed by atoms with E-state index in [1.165, 1.54) is 51.4 Å². The van der Waals surface area contributed by atoms with Crippen LogP contribution < -0.4 is 5.73 Å². The molecule has 100 valence electrons. The van der Waals surface area contributed by atoms with Gasteiger partial charge in [0.15, 0.2) is 0 Å². The van der Waals surface area contributed by atoms with Crippen LogP contribution in [0.15, 0.2) is 0 Å². The molecule has 0 aromatic heterocycles. The molecule has 0 saturated heterocycles. The molecule has 2 nitrogen and oxygen atoms in total. The Kier molecular flexibility index (Phi) is 4.87. The Morgan fingerprint density at radius 1 is 1.06 bits per heavy atom. The average Bonchev–Trinajstić information content (AvgIpc) is 2.38. The molecule has 0 amide bonds. The average molecular weight is 239 g/mol. The minimum atomic E-state index is -0.00596. The number of ether oxygens (including phenoxy) is 1. The molecule has 0 aromatic rings. The van der Waals surface area contributed by atoms with Gasteiger partial charge in [-0.1, -0.05) is 45.4 Å². The highest BCUT2D eigenvalue weighted by atomic mass is 16.5. The molecule has 2 atom stereocenters. The van der Waals surface area contributed by atoms with Gasteiger partial charge in [-0.05, 0) is 31.6 Å². The van der Waals surface area contributed by atoms with Crippen LogP contribution in [0.25, 0.3) is 0 Å². The van der Waals surface area contributed by atoms with Gasteiger partial charge in [0.25, 0.3) is 0 Å². The number of rotatable bonds is 4. The van der Waals surface area contributed by atoms with Crippen LogP contribution in [0.1, 0.15) is 71.1 Å². The normalized spacial score (nSPS) is 33.5. The minimum absolute atomic E-state index is 0.00596. The van der Waals surface area contributed by atoms with Gasteiger partial charge in [-0.2, -0.15) is 0 Å². The summed E-state index contributed by atoms with van der Waals surface area (Å²) in [5, 5.41) is 0. The fraction of sp³-hybridized carbons (Fsp3) is 1.00. The second-order valence-electron chi connectivity index (χ2n) is 6.23. The van der Waals surface area contributed by atoms with Crippen molar-refractivity contribution in [2.45, 2.75) is 82.8 Å². The van der Waals surface area contributed by atoms with E-state index >= 15 is 0 Å². The first-order valence-corrected chi connectivity index (χ1v) is 7.64. The summed E-state index contributed by atoms with van der Waals surface area (Å²) in [7, 11) is 0. The molecule has 2 aliphatic carbocycles. The van der Waals surface area contributed by atoms with Gasteiger partial charge < -0.3 is 10.5 Å². The summed E-state index contributed by atoms with van der Waals surface area (Å²) in [6.45, 7) is 3.10. The van der Waals surface area contributed by atoms with E-state index in [0.717, 1.165) is 25.4 Å². The van der Waals surface area contributed by atoms with Crippen LogP contribution in [0.2, 0.25) is 0 Å². The lowest BCUT2D eigenvalue weighted by Crippen LogP contribution is -2.47. The minimum Gasteiger partial charge on any atom is -0.376 e. The van der Waals surface area contributed by atoms with Crippen LogP contribution in [0.3, 0.4) is 0 Å². The maximum absolute atomic E-state index is 6.44. The fourth-order valence-corrected chi connectivity index (χ4v) is 3.53. The largest absolute Gasteiger partial charge is 0.376 e. The van der Waals surface area contributed by atoms with Gasteiger partial charge in [-0.3, -0.25) is 0 Å². The van der Waals surface area contributed by atoms with E-state index in [9.17, 15) is 0 Å². The maximum Gasteiger partial charge on any atom is 0.0650 e. The van der Waals surface area contributed by atoms with Crippen molar-refractivity contribution < 1.29 is 4.74 Å². The second kappa shape index (κ2) is 6.19. The van der Waals surface area contributed by atoms with Crippen molar-refractivity contribution in [2.24, 2.45) is 11.7 Å². The molecular weight excluding hydrogens is 210 g/mol. The van der Waals surface area contributed by atoms with Crippen LogP contribution in [-0.2, 0) is 4.74 Å². The lowest BCUT2D eigenvalue weighted by molar-refractivity contribution is -0.0398. The zero-order valence-electron chi connectivity index (χ0n) is 11.4. The highest BCUT2D eigenvalue weighted by Crippen LogP contribution is 2.32. The molecule has 0 aromatic carbocycles. The molecule has 0 spiro atoms. The summed E-state index contributed by atoms with van der Waals surface area (Å²) in [6, 6.07) is 0. The van der Waals surface area contributed by atoms with Crippen molar-refractivity contribution in [3.05, 3.63) is 0 Å². The Morgan fingerprint density at radius 3 is 2.47 bits per heavy atom. The Labute approximate surface area is 106 Å². The summed E-state index contributed by atoms with van der Waals surface area (Å²) < 4.78 is 6.20. The third-order valence-corrected chi connectivity index (χ3v) is 4.80. The summed E-state index contributed by atoms with van der Waals surface area (Å²) in [5.41, 5.74) is 6.43. The fourth-order valence-electron chi connectivity index (χ4n) is 3.53. The first kappa shape index (κ1) is 13.4. The first-order valence-electron chi connectivity index (χ1n) is 7.64. The van der Waals surface area contributed by atoms with Crippen molar-refractivity contribution >= 4 is 0 Å². The monoisotopic (exact) mass is 239 g/mol. The van der Waals surface area contributed by atoms with Gasteiger partial charge in [0.2, 0.25) is 0 Å². The summed E-state index contributed by atoms with van der Waals surface area (Å²) in [6.07, 6.45) is 13.4. The summed E-state index contributed by atoms with van der Waals surface area (Å²) in [5.74, 6) is 0.788. The van der Waals surface area contributed by atoms with Gasteiger partial charge >= 0.3 is 0 Å². The predicted octanol–water partition coefficient (Wildman–Crippen LogP) is 3.63. The van der Waals surface area contributed by atoms with Crippen molar-refractivity contribution in [3.63, 3.8) is 0 Å².